The summed E-state index contributed by atoms with van der Waals surface area (Å²) < 4.78 is 1.14. The molecule has 1 aromatic heterocycles. The molecule has 0 spiro atoms. The molecule has 0 amide bonds. The summed E-state index contributed by atoms with van der Waals surface area (Å²) >= 11 is 5.16. The van der Waals surface area contributed by atoms with Crippen LogP contribution >= 0.6 is 27.3 Å². The molecule has 0 bridgehead atoms. The Kier molecular flexibility index (Phi) is 3.75. The molecule has 0 aromatic carbocycles. The van der Waals surface area contributed by atoms with E-state index in [0.29, 0.717) is 5.92 Å². The fourth-order valence-electron chi connectivity index (χ4n) is 1.04. The van der Waals surface area contributed by atoms with Crippen LogP contribution in [0.1, 0.15) is 31.2 Å². The first-order valence-electron chi connectivity index (χ1n) is 4.14. The zero-order valence-electron chi connectivity index (χ0n) is 7.38. The lowest BCUT2D eigenvalue weighted by Gasteiger charge is -2.16. The van der Waals surface area contributed by atoms with Crippen LogP contribution in [0.15, 0.2) is 15.9 Å². The van der Waals surface area contributed by atoms with E-state index in [1.807, 2.05) is 0 Å². The smallest absolute Gasteiger partial charge is 0.0416 e. The Hall–Kier alpha value is 0.140. The SMILES string of the molecule is CCC(C)[C@@H](N)c1cc(Br)cs1. The van der Waals surface area contributed by atoms with Crippen molar-refractivity contribution in [2.75, 3.05) is 0 Å². The van der Waals surface area contributed by atoms with Gasteiger partial charge in [0.2, 0.25) is 0 Å². The van der Waals surface area contributed by atoms with E-state index in [9.17, 15) is 0 Å². The lowest BCUT2D eigenvalue weighted by molar-refractivity contribution is 0.462. The van der Waals surface area contributed by atoms with Gasteiger partial charge in [0.25, 0.3) is 0 Å². The molecule has 0 saturated carbocycles. The van der Waals surface area contributed by atoms with Crippen LogP contribution in [0.5, 0.6) is 0 Å². The molecule has 0 aliphatic carbocycles. The molecule has 1 heterocycles. The summed E-state index contributed by atoms with van der Waals surface area (Å²) in [4.78, 5) is 1.27. The molecule has 0 saturated heterocycles. The molecule has 12 heavy (non-hydrogen) atoms. The van der Waals surface area contributed by atoms with E-state index in [2.05, 4.69) is 41.2 Å². The third-order valence-electron chi connectivity index (χ3n) is 2.17. The van der Waals surface area contributed by atoms with Gasteiger partial charge in [-0.3, -0.25) is 0 Å². The van der Waals surface area contributed by atoms with Gasteiger partial charge in [-0.05, 0) is 27.9 Å². The number of halogens is 1. The third-order valence-corrected chi connectivity index (χ3v) is 3.97. The number of rotatable bonds is 3. The zero-order chi connectivity index (χ0) is 9.14. The van der Waals surface area contributed by atoms with Crippen LogP contribution < -0.4 is 5.73 Å². The summed E-state index contributed by atoms with van der Waals surface area (Å²) in [5, 5.41) is 2.08. The summed E-state index contributed by atoms with van der Waals surface area (Å²) in [6.07, 6.45) is 1.14. The van der Waals surface area contributed by atoms with E-state index in [-0.39, 0.29) is 6.04 Å². The van der Waals surface area contributed by atoms with Gasteiger partial charge in [0, 0.05) is 20.8 Å². The molecule has 0 aliphatic rings. The van der Waals surface area contributed by atoms with Crippen molar-refractivity contribution in [1.82, 2.24) is 0 Å². The first-order valence-corrected chi connectivity index (χ1v) is 5.82. The highest BCUT2D eigenvalue weighted by Crippen LogP contribution is 2.29. The molecule has 1 unspecified atom stereocenters. The van der Waals surface area contributed by atoms with Gasteiger partial charge in [0.05, 0.1) is 0 Å². The Morgan fingerprint density at radius 3 is 2.75 bits per heavy atom. The number of hydrogen-bond acceptors (Lipinski definition) is 2. The lowest BCUT2D eigenvalue weighted by Crippen LogP contribution is -2.16. The molecule has 1 nitrogen and oxygen atoms in total. The van der Waals surface area contributed by atoms with Gasteiger partial charge in [-0.15, -0.1) is 11.3 Å². The minimum atomic E-state index is 0.200. The van der Waals surface area contributed by atoms with Crippen molar-refractivity contribution in [3.8, 4) is 0 Å². The molecular weight excluding hydrogens is 234 g/mol. The summed E-state index contributed by atoms with van der Waals surface area (Å²) in [6, 6.07) is 2.31. The van der Waals surface area contributed by atoms with Gasteiger partial charge in [-0.25, -0.2) is 0 Å². The molecule has 0 fully saturated rings. The maximum Gasteiger partial charge on any atom is 0.0416 e. The second-order valence-corrected chi connectivity index (χ2v) is 4.94. The Morgan fingerprint density at radius 2 is 2.33 bits per heavy atom. The molecule has 1 aromatic rings. The highest BCUT2D eigenvalue weighted by Gasteiger charge is 2.14. The van der Waals surface area contributed by atoms with Crippen LogP contribution in [-0.2, 0) is 0 Å². The molecule has 0 aliphatic heterocycles. The van der Waals surface area contributed by atoms with E-state index >= 15 is 0 Å². The fraction of sp³-hybridized carbons (Fsp3) is 0.556. The predicted octanol–water partition coefficient (Wildman–Crippen LogP) is 3.56. The number of hydrogen-bond donors (Lipinski definition) is 1. The van der Waals surface area contributed by atoms with Gasteiger partial charge < -0.3 is 5.73 Å². The number of thiophene rings is 1. The first-order chi connectivity index (χ1) is 5.65. The minimum Gasteiger partial charge on any atom is -0.323 e. The van der Waals surface area contributed by atoms with Gasteiger partial charge in [-0.1, -0.05) is 20.3 Å². The average Bonchev–Trinajstić information content (AvgIpc) is 2.49. The van der Waals surface area contributed by atoms with Crippen molar-refractivity contribution in [2.45, 2.75) is 26.3 Å². The molecule has 2 atom stereocenters. The van der Waals surface area contributed by atoms with Crippen molar-refractivity contribution in [3.63, 3.8) is 0 Å². The van der Waals surface area contributed by atoms with E-state index < -0.39 is 0 Å². The normalized spacial score (nSPS) is 16.0. The molecule has 0 radical (unpaired) electrons. The molecule has 3 heteroatoms. The highest BCUT2D eigenvalue weighted by molar-refractivity contribution is 9.10. The molecule has 2 N–H and O–H groups in total. The average molecular weight is 248 g/mol. The van der Waals surface area contributed by atoms with E-state index in [4.69, 9.17) is 5.73 Å². The molecule has 68 valence electrons. The van der Waals surface area contributed by atoms with Crippen molar-refractivity contribution in [1.29, 1.82) is 0 Å². The second kappa shape index (κ2) is 4.40. The highest BCUT2D eigenvalue weighted by atomic mass is 79.9. The van der Waals surface area contributed by atoms with Crippen LogP contribution in [0.25, 0.3) is 0 Å². The molecular formula is C9H14BrNS. The van der Waals surface area contributed by atoms with Crippen molar-refractivity contribution >= 4 is 27.3 Å². The Morgan fingerprint density at radius 1 is 1.67 bits per heavy atom. The standard InChI is InChI=1S/C9H14BrNS/c1-3-6(2)9(11)8-4-7(10)5-12-8/h4-6,9H,3,11H2,1-2H3/t6?,9-/m1/s1. The monoisotopic (exact) mass is 247 g/mol. The summed E-state index contributed by atoms with van der Waals surface area (Å²) in [6.45, 7) is 4.37. The summed E-state index contributed by atoms with van der Waals surface area (Å²) in [5.41, 5.74) is 6.05. The Bertz CT molecular complexity index is 246. The van der Waals surface area contributed by atoms with Crippen LogP contribution in [0.4, 0.5) is 0 Å². The van der Waals surface area contributed by atoms with Crippen LogP contribution in [-0.4, -0.2) is 0 Å². The van der Waals surface area contributed by atoms with E-state index in [1.165, 1.54) is 4.88 Å². The fourth-order valence-corrected chi connectivity index (χ4v) is 2.62. The third kappa shape index (κ3) is 2.31. The zero-order valence-corrected chi connectivity index (χ0v) is 9.78. The van der Waals surface area contributed by atoms with Crippen molar-refractivity contribution in [2.24, 2.45) is 11.7 Å². The van der Waals surface area contributed by atoms with Gasteiger partial charge in [-0.2, -0.15) is 0 Å². The maximum absolute atomic E-state index is 6.05. The molecule has 1 rings (SSSR count). The predicted molar refractivity (Wildman–Crippen MR) is 58.4 cm³/mol. The quantitative estimate of drug-likeness (QED) is 0.869. The Balaban J connectivity index is 2.70. The topological polar surface area (TPSA) is 26.0 Å². The van der Waals surface area contributed by atoms with Crippen LogP contribution in [0.3, 0.4) is 0 Å². The van der Waals surface area contributed by atoms with Crippen LogP contribution in [0.2, 0.25) is 0 Å². The first kappa shape index (κ1) is 10.2. The Labute approximate surface area is 86.1 Å². The van der Waals surface area contributed by atoms with E-state index in [0.717, 1.165) is 10.9 Å². The van der Waals surface area contributed by atoms with Crippen molar-refractivity contribution < 1.29 is 0 Å². The summed E-state index contributed by atoms with van der Waals surface area (Å²) in [7, 11) is 0. The second-order valence-electron chi connectivity index (χ2n) is 3.08. The van der Waals surface area contributed by atoms with Gasteiger partial charge >= 0.3 is 0 Å². The van der Waals surface area contributed by atoms with E-state index in [1.54, 1.807) is 11.3 Å². The van der Waals surface area contributed by atoms with Crippen molar-refractivity contribution in [3.05, 3.63) is 20.8 Å². The summed E-state index contributed by atoms with van der Waals surface area (Å²) in [5.74, 6) is 0.565. The largest absolute Gasteiger partial charge is 0.323 e. The number of nitrogens with two attached hydrogens (primary N) is 1. The van der Waals surface area contributed by atoms with Gasteiger partial charge in [0.15, 0.2) is 0 Å². The lowest BCUT2D eigenvalue weighted by atomic mass is 9.99. The maximum atomic E-state index is 6.05. The van der Waals surface area contributed by atoms with Crippen LogP contribution in [0, 0.1) is 5.92 Å². The minimum absolute atomic E-state index is 0.200. The van der Waals surface area contributed by atoms with Gasteiger partial charge in [0.1, 0.15) is 0 Å².